The van der Waals surface area contributed by atoms with Crippen LogP contribution >= 0.6 is 0 Å². The third-order valence-corrected chi connectivity index (χ3v) is 7.61. The Hall–Kier alpha value is -2.88. The molecule has 188 valence electrons. The van der Waals surface area contributed by atoms with Gasteiger partial charge in [0.15, 0.2) is 0 Å². The monoisotopic (exact) mass is 480 g/mol. The maximum absolute atomic E-state index is 6.65. The van der Waals surface area contributed by atoms with Gasteiger partial charge in [0, 0.05) is 13.1 Å². The van der Waals surface area contributed by atoms with Gasteiger partial charge < -0.3 is 4.74 Å². The highest BCUT2D eigenvalue weighted by molar-refractivity contribution is 5.98. The zero-order valence-corrected chi connectivity index (χ0v) is 21.7. The first-order valence-electron chi connectivity index (χ1n) is 13.9. The average Bonchev–Trinajstić information content (AvgIpc) is 3.64. The number of hydrogen-bond acceptors (Lipinski definition) is 3. The van der Waals surface area contributed by atoms with Crippen molar-refractivity contribution in [1.29, 1.82) is 0 Å². The molecule has 0 amide bonds. The van der Waals surface area contributed by atoms with Gasteiger partial charge in [-0.3, -0.25) is 9.80 Å². The van der Waals surface area contributed by atoms with Crippen molar-refractivity contribution in [3.63, 3.8) is 0 Å². The highest BCUT2D eigenvalue weighted by Crippen LogP contribution is 2.35. The Bertz CT molecular complexity index is 1080. The predicted molar refractivity (Wildman–Crippen MR) is 151 cm³/mol. The van der Waals surface area contributed by atoms with E-state index in [4.69, 9.17) is 4.74 Å². The fraction of sp³-hybridized carbons (Fsp3) is 0.394. The molecule has 0 bridgehead atoms. The van der Waals surface area contributed by atoms with E-state index >= 15 is 0 Å². The molecule has 0 atom stereocenters. The van der Waals surface area contributed by atoms with Gasteiger partial charge in [-0.1, -0.05) is 79.7 Å². The molecule has 0 aliphatic carbocycles. The molecule has 2 saturated heterocycles. The lowest BCUT2D eigenvalue weighted by Crippen LogP contribution is -2.41. The van der Waals surface area contributed by atoms with Crippen molar-refractivity contribution in [2.24, 2.45) is 0 Å². The molecule has 0 radical (unpaired) electrons. The molecule has 0 unspecified atom stereocenters. The van der Waals surface area contributed by atoms with Gasteiger partial charge in [0.25, 0.3) is 0 Å². The second kappa shape index (κ2) is 12.4. The van der Waals surface area contributed by atoms with E-state index in [1.165, 1.54) is 79.7 Å². The first-order chi connectivity index (χ1) is 17.8. The summed E-state index contributed by atoms with van der Waals surface area (Å²) in [5.74, 6) is 0.979. The summed E-state index contributed by atoms with van der Waals surface area (Å²) in [5.41, 5.74) is 6.46. The van der Waals surface area contributed by atoms with Crippen LogP contribution in [0.25, 0.3) is 11.1 Å². The fourth-order valence-corrected chi connectivity index (χ4v) is 5.82. The van der Waals surface area contributed by atoms with Crippen molar-refractivity contribution in [2.75, 3.05) is 39.3 Å². The van der Waals surface area contributed by atoms with Crippen LogP contribution in [0.2, 0.25) is 0 Å². The zero-order valence-electron chi connectivity index (χ0n) is 21.7. The van der Waals surface area contributed by atoms with E-state index in [1.807, 2.05) is 0 Å². The van der Waals surface area contributed by atoms with Crippen LogP contribution < -0.4 is 4.74 Å². The summed E-state index contributed by atoms with van der Waals surface area (Å²) in [5, 5.41) is 0. The van der Waals surface area contributed by atoms with Crippen LogP contribution in [0, 0.1) is 0 Å². The molecule has 36 heavy (non-hydrogen) atoms. The van der Waals surface area contributed by atoms with Gasteiger partial charge in [0.1, 0.15) is 11.9 Å². The summed E-state index contributed by atoms with van der Waals surface area (Å²) in [6, 6.07) is 30.4. The van der Waals surface area contributed by atoms with Crippen LogP contribution in [0.4, 0.5) is 0 Å². The van der Waals surface area contributed by atoms with E-state index in [1.54, 1.807) is 0 Å². The van der Waals surface area contributed by atoms with Gasteiger partial charge in [-0.15, -0.1) is 0 Å². The van der Waals surface area contributed by atoms with Crippen LogP contribution in [-0.4, -0.2) is 55.2 Å². The molecular formula is C33H40N2O. The van der Waals surface area contributed by atoms with Gasteiger partial charge in [-0.2, -0.15) is 0 Å². The minimum Gasteiger partial charge on any atom is -0.488 e. The average molecular weight is 481 g/mol. The van der Waals surface area contributed by atoms with Crippen molar-refractivity contribution in [3.8, 4) is 5.75 Å². The van der Waals surface area contributed by atoms with Crippen LogP contribution in [0.3, 0.4) is 0 Å². The summed E-state index contributed by atoms with van der Waals surface area (Å²) in [7, 11) is 0. The van der Waals surface area contributed by atoms with E-state index in [9.17, 15) is 0 Å². The molecular weight excluding hydrogens is 440 g/mol. The third-order valence-electron chi connectivity index (χ3n) is 7.61. The molecule has 0 aromatic heterocycles. The minimum atomic E-state index is 0.215. The van der Waals surface area contributed by atoms with E-state index in [2.05, 4.69) is 102 Å². The Morgan fingerprint density at radius 3 is 1.61 bits per heavy atom. The molecule has 2 aliphatic heterocycles. The van der Waals surface area contributed by atoms with Crippen LogP contribution in [0.1, 0.15) is 55.7 Å². The minimum absolute atomic E-state index is 0.215. The maximum atomic E-state index is 6.65. The van der Waals surface area contributed by atoms with Crippen molar-refractivity contribution >= 4 is 11.1 Å². The van der Waals surface area contributed by atoms with Crippen molar-refractivity contribution in [2.45, 2.75) is 45.1 Å². The van der Waals surface area contributed by atoms with Crippen molar-refractivity contribution < 1.29 is 4.74 Å². The van der Waals surface area contributed by atoms with Crippen LogP contribution in [0.5, 0.6) is 5.75 Å². The molecule has 2 fully saturated rings. The number of benzene rings is 3. The van der Waals surface area contributed by atoms with E-state index in [0.717, 1.165) is 25.3 Å². The van der Waals surface area contributed by atoms with Crippen molar-refractivity contribution in [3.05, 3.63) is 102 Å². The topological polar surface area (TPSA) is 15.7 Å². The first-order valence-corrected chi connectivity index (χ1v) is 13.9. The maximum Gasteiger partial charge on any atom is 0.124 e. The molecule has 3 aromatic rings. The van der Waals surface area contributed by atoms with Gasteiger partial charge in [0.05, 0.1) is 0 Å². The predicted octanol–water partition coefficient (Wildman–Crippen LogP) is 6.99. The summed E-state index contributed by atoms with van der Waals surface area (Å²) in [6.07, 6.45) is 6.47. The number of likely N-dealkylation sites (tertiary alicyclic amines) is 2. The highest BCUT2D eigenvalue weighted by Gasteiger charge is 2.23. The Balaban J connectivity index is 1.41. The van der Waals surface area contributed by atoms with Gasteiger partial charge in [-0.25, -0.2) is 0 Å². The SMILES string of the molecule is CCC(=C(c1ccccc1)c1ccc(OC(CN2CCCC2)CN2CCCC2)cc1)c1ccccc1. The number of ether oxygens (including phenoxy) is 1. The summed E-state index contributed by atoms with van der Waals surface area (Å²) < 4.78 is 6.65. The number of nitrogens with zero attached hydrogens (tertiary/aromatic N) is 2. The normalized spacial score (nSPS) is 17.5. The largest absolute Gasteiger partial charge is 0.488 e. The Morgan fingerprint density at radius 1 is 0.639 bits per heavy atom. The second-order valence-electron chi connectivity index (χ2n) is 10.2. The molecule has 3 aromatic carbocycles. The Kier molecular flexibility index (Phi) is 8.53. The molecule has 2 aliphatic rings. The second-order valence-corrected chi connectivity index (χ2v) is 10.2. The first kappa shape index (κ1) is 24.8. The Labute approximate surface area is 217 Å². The molecule has 0 N–H and O–H groups in total. The lowest BCUT2D eigenvalue weighted by Gasteiger charge is -2.28. The zero-order chi connectivity index (χ0) is 24.6. The number of rotatable bonds is 10. The summed E-state index contributed by atoms with van der Waals surface area (Å²) >= 11 is 0. The van der Waals surface area contributed by atoms with Crippen LogP contribution in [-0.2, 0) is 0 Å². The van der Waals surface area contributed by atoms with Gasteiger partial charge in [0.2, 0.25) is 0 Å². The molecule has 3 nitrogen and oxygen atoms in total. The number of allylic oxidation sites excluding steroid dienone is 1. The quantitative estimate of drug-likeness (QED) is 0.291. The lowest BCUT2D eigenvalue weighted by atomic mass is 9.88. The molecule has 3 heteroatoms. The third kappa shape index (κ3) is 6.27. The van der Waals surface area contributed by atoms with E-state index in [0.29, 0.717) is 0 Å². The molecule has 0 saturated carbocycles. The summed E-state index contributed by atoms with van der Waals surface area (Å²) in [6.45, 7) is 9.16. The lowest BCUT2D eigenvalue weighted by molar-refractivity contribution is 0.109. The smallest absolute Gasteiger partial charge is 0.124 e. The number of hydrogen-bond donors (Lipinski definition) is 0. The van der Waals surface area contributed by atoms with Gasteiger partial charge in [-0.05, 0) is 98.3 Å². The Morgan fingerprint density at radius 2 is 1.11 bits per heavy atom. The van der Waals surface area contributed by atoms with Gasteiger partial charge >= 0.3 is 0 Å². The standard InChI is InChI=1S/C33H40N2O/c1-2-32(27-13-5-3-6-14-27)33(28-15-7-4-8-16-28)29-17-19-30(20-18-29)36-31(25-34-21-9-10-22-34)26-35-23-11-12-24-35/h3-8,13-20,31H,2,9-12,21-26H2,1H3. The van der Waals surface area contributed by atoms with Crippen LogP contribution in [0.15, 0.2) is 84.9 Å². The van der Waals surface area contributed by atoms with E-state index < -0.39 is 0 Å². The van der Waals surface area contributed by atoms with Crippen molar-refractivity contribution in [1.82, 2.24) is 9.80 Å². The molecule has 0 spiro atoms. The fourth-order valence-electron chi connectivity index (χ4n) is 5.82. The summed E-state index contributed by atoms with van der Waals surface area (Å²) in [4.78, 5) is 5.16. The van der Waals surface area contributed by atoms with E-state index in [-0.39, 0.29) is 6.10 Å². The molecule has 2 heterocycles. The molecule has 5 rings (SSSR count). The highest BCUT2D eigenvalue weighted by atomic mass is 16.5.